The lowest BCUT2D eigenvalue weighted by molar-refractivity contribution is 0.0447. The zero-order valence-electron chi connectivity index (χ0n) is 13.1. The first-order valence-electron chi connectivity index (χ1n) is 7.50. The zero-order valence-corrected chi connectivity index (χ0v) is 13.9. The van der Waals surface area contributed by atoms with Crippen molar-refractivity contribution in [3.05, 3.63) is 29.3 Å². The van der Waals surface area contributed by atoms with Crippen LogP contribution in [0.3, 0.4) is 0 Å². The van der Waals surface area contributed by atoms with E-state index in [0.717, 1.165) is 39.3 Å². The molecule has 1 N–H and O–H groups in total. The van der Waals surface area contributed by atoms with Crippen LogP contribution in [0.25, 0.3) is 0 Å². The van der Waals surface area contributed by atoms with Gasteiger partial charge in [0.05, 0.1) is 19.8 Å². The first-order valence-corrected chi connectivity index (χ1v) is 7.50. The van der Waals surface area contributed by atoms with E-state index in [1.165, 1.54) is 16.8 Å². The third-order valence-electron chi connectivity index (χ3n) is 3.57. The topological polar surface area (TPSA) is 33.7 Å². The molecule has 0 spiro atoms. The van der Waals surface area contributed by atoms with E-state index in [2.05, 4.69) is 35.5 Å². The fourth-order valence-electron chi connectivity index (χ4n) is 2.50. The number of benzene rings is 1. The summed E-state index contributed by atoms with van der Waals surface area (Å²) >= 11 is 0. The minimum Gasteiger partial charge on any atom is -0.384 e. The molecule has 120 valence electrons. The van der Waals surface area contributed by atoms with Crippen molar-refractivity contribution in [3.8, 4) is 0 Å². The Bertz CT molecular complexity index is 415. The average molecular weight is 315 g/mol. The number of hydrogen-bond donors (Lipinski definition) is 1. The molecule has 0 saturated heterocycles. The molecule has 0 aliphatic carbocycles. The molecule has 21 heavy (non-hydrogen) atoms. The highest BCUT2D eigenvalue weighted by molar-refractivity contribution is 5.85. The number of likely N-dealkylation sites (N-methyl/N-ethyl adjacent to an activating group) is 1. The van der Waals surface area contributed by atoms with E-state index in [-0.39, 0.29) is 12.4 Å². The molecule has 4 nitrogen and oxygen atoms in total. The molecule has 0 saturated carbocycles. The number of rotatable bonds is 9. The summed E-state index contributed by atoms with van der Waals surface area (Å²) in [4.78, 5) is 2.30. The summed E-state index contributed by atoms with van der Waals surface area (Å²) in [6.45, 7) is 7.86. The largest absolute Gasteiger partial charge is 0.384 e. The van der Waals surface area contributed by atoms with Gasteiger partial charge in [-0.1, -0.05) is 18.2 Å². The number of halogens is 1. The van der Waals surface area contributed by atoms with E-state index in [0.29, 0.717) is 13.2 Å². The van der Waals surface area contributed by atoms with Crippen molar-refractivity contribution in [3.63, 3.8) is 0 Å². The van der Waals surface area contributed by atoms with Crippen LogP contribution in [0.15, 0.2) is 18.2 Å². The number of para-hydroxylation sites is 1. The molecular formula is C16H27ClN2O2. The average Bonchev–Trinajstić information content (AvgIpc) is 2.92. The molecule has 0 unspecified atom stereocenters. The summed E-state index contributed by atoms with van der Waals surface area (Å²) in [5.41, 5.74) is 4.18. The van der Waals surface area contributed by atoms with Gasteiger partial charge in [0.2, 0.25) is 0 Å². The van der Waals surface area contributed by atoms with E-state index >= 15 is 0 Å². The van der Waals surface area contributed by atoms with Gasteiger partial charge < -0.3 is 14.8 Å². The lowest BCUT2D eigenvalue weighted by Gasteiger charge is -2.18. The number of fused-ring (bicyclic) bond motifs is 1. The van der Waals surface area contributed by atoms with E-state index in [1.54, 1.807) is 0 Å². The quantitative estimate of drug-likeness (QED) is 0.710. The monoisotopic (exact) mass is 314 g/mol. The first kappa shape index (κ1) is 18.2. The smallest absolute Gasteiger partial charge is 0.0701 e. The van der Waals surface area contributed by atoms with Gasteiger partial charge in [0.15, 0.2) is 0 Å². The maximum atomic E-state index is 5.55. The van der Waals surface area contributed by atoms with Gasteiger partial charge in [-0.2, -0.15) is 0 Å². The maximum Gasteiger partial charge on any atom is 0.0701 e. The second-order valence-electron chi connectivity index (χ2n) is 5.18. The van der Waals surface area contributed by atoms with E-state index in [9.17, 15) is 0 Å². The Balaban J connectivity index is 0.00000220. The molecule has 1 aromatic carbocycles. The molecular weight excluding hydrogens is 288 g/mol. The molecule has 5 heteroatoms. The summed E-state index contributed by atoms with van der Waals surface area (Å²) in [5.74, 6) is 0. The van der Waals surface area contributed by atoms with Crippen molar-refractivity contribution >= 4 is 18.1 Å². The summed E-state index contributed by atoms with van der Waals surface area (Å²) in [5, 5.41) is 3.49. The minimum absolute atomic E-state index is 0. The Morgan fingerprint density at radius 1 is 1.19 bits per heavy atom. The van der Waals surface area contributed by atoms with Crippen LogP contribution in [-0.2, 0) is 22.4 Å². The summed E-state index contributed by atoms with van der Waals surface area (Å²) < 4.78 is 10.8. The standard InChI is InChI=1S/C16H26N2O2.ClH/c1-3-19-11-12-20-10-9-18(2)13-15-6-4-5-14-7-8-17-16(14)15;/h4-6,17H,3,7-13H2,1-2H3;1H. The lowest BCUT2D eigenvalue weighted by atomic mass is 10.1. The van der Waals surface area contributed by atoms with Crippen molar-refractivity contribution in [1.29, 1.82) is 0 Å². The maximum absolute atomic E-state index is 5.55. The van der Waals surface area contributed by atoms with Crippen LogP contribution in [-0.4, -0.2) is 51.5 Å². The molecule has 1 aromatic rings. The predicted octanol–water partition coefficient (Wildman–Crippen LogP) is 2.56. The van der Waals surface area contributed by atoms with Gasteiger partial charge in [-0.15, -0.1) is 12.4 Å². The SMILES string of the molecule is CCOCCOCCN(C)Cc1cccc2c1NCC2.Cl. The molecule has 0 radical (unpaired) electrons. The summed E-state index contributed by atoms with van der Waals surface area (Å²) in [7, 11) is 2.14. The number of ether oxygens (including phenoxy) is 2. The highest BCUT2D eigenvalue weighted by atomic mass is 35.5. The number of anilines is 1. The van der Waals surface area contributed by atoms with Gasteiger partial charge in [0.25, 0.3) is 0 Å². The van der Waals surface area contributed by atoms with Gasteiger partial charge in [0.1, 0.15) is 0 Å². The van der Waals surface area contributed by atoms with Crippen molar-refractivity contribution in [1.82, 2.24) is 4.90 Å². The number of nitrogens with zero attached hydrogens (tertiary/aromatic N) is 1. The first-order chi connectivity index (χ1) is 9.81. The zero-order chi connectivity index (χ0) is 14.2. The highest BCUT2D eigenvalue weighted by Gasteiger charge is 2.14. The van der Waals surface area contributed by atoms with Gasteiger partial charge >= 0.3 is 0 Å². The number of hydrogen-bond acceptors (Lipinski definition) is 4. The summed E-state index contributed by atoms with van der Waals surface area (Å²) in [6, 6.07) is 6.59. The molecule has 1 aliphatic heterocycles. The minimum atomic E-state index is 0. The number of nitrogens with one attached hydrogen (secondary N) is 1. The van der Waals surface area contributed by atoms with Gasteiger partial charge in [0, 0.05) is 31.9 Å². The molecule has 2 rings (SSSR count). The third kappa shape index (κ3) is 5.83. The third-order valence-corrected chi connectivity index (χ3v) is 3.57. The van der Waals surface area contributed by atoms with Crippen LogP contribution in [0.1, 0.15) is 18.1 Å². The molecule has 0 fully saturated rings. The molecule has 0 aromatic heterocycles. The van der Waals surface area contributed by atoms with Crippen molar-refractivity contribution < 1.29 is 9.47 Å². The van der Waals surface area contributed by atoms with Crippen LogP contribution in [0.2, 0.25) is 0 Å². The van der Waals surface area contributed by atoms with E-state index in [1.807, 2.05) is 6.92 Å². The molecule has 0 amide bonds. The van der Waals surface area contributed by atoms with E-state index < -0.39 is 0 Å². The predicted molar refractivity (Wildman–Crippen MR) is 89.5 cm³/mol. The Labute approximate surface area is 134 Å². The fraction of sp³-hybridized carbons (Fsp3) is 0.625. The fourth-order valence-corrected chi connectivity index (χ4v) is 2.50. The normalized spacial score (nSPS) is 12.9. The Morgan fingerprint density at radius 3 is 2.81 bits per heavy atom. The second kappa shape index (κ2) is 10.0. The van der Waals surface area contributed by atoms with Crippen molar-refractivity contribution in [2.24, 2.45) is 0 Å². The summed E-state index contributed by atoms with van der Waals surface area (Å²) in [6.07, 6.45) is 1.15. The van der Waals surface area contributed by atoms with Crippen LogP contribution in [0, 0.1) is 0 Å². The Hall–Kier alpha value is -0.810. The second-order valence-corrected chi connectivity index (χ2v) is 5.18. The molecule has 0 atom stereocenters. The van der Waals surface area contributed by atoms with Crippen LogP contribution in [0.4, 0.5) is 5.69 Å². The van der Waals surface area contributed by atoms with Gasteiger partial charge in [-0.25, -0.2) is 0 Å². The Kier molecular flexibility index (Phi) is 8.69. The van der Waals surface area contributed by atoms with Crippen molar-refractivity contribution in [2.45, 2.75) is 19.9 Å². The van der Waals surface area contributed by atoms with Gasteiger partial charge in [-0.05, 0) is 31.5 Å². The highest BCUT2D eigenvalue weighted by Crippen LogP contribution is 2.26. The molecule has 1 heterocycles. The molecule has 0 bridgehead atoms. The van der Waals surface area contributed by atoms with Crippen molar-refractivity contribution in [2.75, 3.05) is 51.9 Å². The molecule has 1 aliphatic rings. The van der Waals surface area contributed by atoms with Crippen LogP contribution < -0.4 is 5.32 Å². The lowest BCUT2D eigenvalue weighted by Crippen LogP contribution is -2.23. The van der Waals surface area contributed by atoms with Crippen LogP contribution in [0.5, 0.6) is 0 Å². The van der Waals surface area contributed by atoms with E-state index in [4.69, 9.17) is 9.47 Å². The van der Waals surface area contributed by atoms with Crippen LogP contribution >= 0.6 is 12.4 Å². The van der Waals surface area contributed by atoms with Gasteiger partial charge in [-0.3, -0.25) is 4.90 Å². The Morgan fingerprint density at radius 2 is 2.00 bits per heavy atom.